The van der Waals surface area contributed by atoms with Crippen molar-refractivity contribution < 1.29 is 69.3 Å². The maximum absolute atomic E-state index is 13.0. The number of ether oxygens (including phenoxy) is 4. The third-order valence-electron chi connectivity index (χ3n) is 7.71. The molecule has 0 saturated carbocycles. The highest BCUT2D eigenvalue weighted by molar-refractivity contribution is 5.86. The average Bonchev–Trinajstić information content (AvgIpc) is 3.00. The molecule has 3 heterocycles. The van der Waals surface area contributed by atoms with Gasteiger partial charge >= 0.3 is 0 Å². The summed E-state index contributed by atoms with van der Waals surface area (Å²) in [4.78, 5) is 13.0. The number of hydrogen-bond acceptors (Lipinski definition) is 15. The highest BCUT2D eigenvalue weighted by Crippen LogP contribution is 2.42. The number of aliphatic hydroxyl groups is 8. The van der Waals surface area contributed by atoms with Gasteiger partial charge in [0, 0.05) is 23.8 Å². The highest BCUT2D eigenvalue weighted by Gasteiger charge is 2.65. The molecule has 10 atom stereocenters. The summed E-state index contributed by atoms with van der Waals surface area (Å²) in [7, 11) is 1.49. The Kier molecular flexibility index (Phi) is 8.65. The molecule has 9 N–H and O–H groups in total. The second kappa shape index (κ2) is 12.0. The van der Waals surface area contributed by atoms with Crippen molar-refractivity contribution in [1.82, 2.24) is 0 Å². The van der Waals surface area contributed by atoms with Crippen LogP contribution in [0.15, 0.2) is 51.7 Å². The van der Waals surface area contributed by atoms with Crippen molar-refractivity contribution in [1.29, 1.82) is 0 Å². The summed E-state index contributed by atoms with van der Waals surface area (Å²) < 4.78 is 28.3. The second-order valence-corrected chi connectivity index (χ2v) is 10.4. The molecule has 0 aliphatic carbocycles. The van der Waals surface area contributed by atoms with Crippen molar-refractivity contribution >= 4 is 11.0 Å². The standard InChI is InChI=1S/C28H32O15/c1-39-12-4-2-11(3-5-12)16-8-15(32)20-14(31)6-13(7-17(20)40-16)42-28(26(38)24(36)22(34)19(10-30)43-28)27-25(37)23(35)21(33)18(9-29)41-27/h2-8,18-19,21-27,29-31,33-38H,9-10H2,1H3/t18-,19-,21+,22-,23+,24-,25-,26-,27-,28+/m0/s1. The van der Waals surface area contributed by atoms with E-state index in [1.54, 1.807) is 24.3 Å². The summed E-state index contributed by atoms with van der Waals surface area (Å²) >= 11 is 0. The molecule has 2 fully saturated rings. The van der Waals surface area contributed by atoms with E-state index in [-0.39, 0.29) is 22.5 Å². The van der Waals surface area contributed by atoms with Gasteiger partial charge in [0.25, 0.3) is 5.79 Å². The Bertz CT molecular complexity index is 1490. The third kappa shape index (κ3) is 5.33. The zero-order chi connectivity index (χ0) is 31.2. The zero-order valence-electron chi connectivity index (χ0n) is 22.6. The van der Waals surface area contributed by atoms with E-state index in [4.69, 9.17) is 23.4 Å². The number of aliphatic hydroxyl groups excluding tert-OH is 8. The van der Waals surface area contributed by atoms with Crippen LogP contribution in [0.25, 0.3) is 22.3 Å². The van der Waals surface area contributed by atoms with E-state index >= 15 is 0 Å². The van der Waals surface area contributed by atoms with Gasteiger partial charge in [-0.3, -0.25) is 4.79 Å². The minimum Gasteiger partial charge on any atom is -0.507 e. The van der Waals surface area contributed by atoms with Crippen molar-refractivity contribution in [2.75, 3.05) is 20.3 Å². The zero-order valence-corrected chi connectivity index (χ0v) is 22.6. The predicted molar refractivity (Wildman–Crippen MR) is 143 cm³/mol. The molecule has 1 aromatic heterocycles. The van der Waals surface area contributed by atoms with Crippen LogP contribution in [0, 0.1) is 0 Å². The van der Waals surface area contributed by atoms with Crippen molar-refractivity contribution in [3.05, 3.63) is 52.7 Å². The van der Waals surface area contributed by atoms with Gasteiger partial charge in [-0.15, -0.1) is 0 Å². The Morgan fingerprint density at radius 3 is 2.09 bits per heavy atom. The van der Waals surface area contributed by atoms with Gasteiger partial charge < -0.3 is 69.3 Å². The Hall–Kier alpha value is -3.35. The van der Waals surface area contributed by atoms with Crippen molar-refractivity contribution in [3.8, 4) is 28.6 Å². The lowest BCUT2D eigenvalue weighted by atomic mass is 9.83. The quantitative estimate of drug-likeness (QED) is 0.135. The Morgan fingerprint density at radius 1 is 0.814 bits per heavy atom. The van der Waals surface area contributed by atoms with Crippen molar-refractivity contribution in [2.24, 2.45) is 0 Å². The molecule has 2 aliphatic rings. The van der Waals surface area contributed by atoms with Gasteiger partial charge in [-0.25, -0.2) is 0 Å². The minimum atomic E-state index is -2.76. The first-order valence-electron chi connectivity index (χ1n) is 13.2. The minimum absolute atomic E-state index is 0.105. The van der Waals surface area contributed by atoms with Crippen LogP contribution in [0.5, 0.6) is 17.2 Å². The summed E-state index contributed by atoms with van der Waals surface area (Å²) in [6, 6.07) is 9.78. The molecule has 2 aromatic carbocycles. The predicted octanol–water partition coefficient (Wildman–Crippen LogP) is -2.43. The molecule has 0 radical (unpaired) electrons. The van der Waals surface area contributed by atoms with Gasteiger partial charge in [-0.2, -0.15) is 0 Å². The van der Waals surface area contributed by atoms with Gasteiger partial charge in [-0.05, 0) is 24.3 Å². The van der Waals surface area contributed by atoms with Gasteiger partial charge in [0.05, 0.1) is 20.3 Å². The van der Waals surface area contributed by atoms with E-state index in [9.17, 15) is 50.8 Å². The molecule has 0 unspecified atom stereocenters. The maximum atomic E-state index is 13.0. The molecule has 2 saturated heterocycles. The lowest BCUT2D eigenvalue weighted by Crippen LogP contribution is -2.77. The lowest BCUT2D eigenvalue weighted by Gasteiger charge is -2.54. The molecule has 5 rings (SSSR count). The lowest BCUT2D eigenvalue weighted by molar-refractivity contribution is -0.396. The first-order valence-corrected chi connectivity index (χ1v) is 13.2. The number of fused-ring (bicyclic) bond motifs is 1. The fourth-order valence-corrected chi connectivity index (χ4v) is 5.36. The number of rotatable bonds is 7. The molecule has 0 amide bonds. The largest absolute Gasteiger partial charge is 0.507 e. The van der Waals surface area contributed by atoms with E-state index in [0.717, 1.165) is 18.2 Å². The fourth-order valence-electron chi connectivity index (χ4n) is 5.36. The number of methoxy groups -OCH3 is 1. The van der Waals surface area contributed by atoms with Gasteiger partial charge in [0.1, 0.15) is 76.7 Å². The number of benzene rings is 2. The number of phenols is 1. The number of aromatic hydroxyl groups is 1. The molecule has 0 spiro atoms. The first kappa shape index (κ1) is 31.1. The monoisotopic (exact) mass is 608 g/mol. The highest BCUT2D eigenvalue weighted by atomic mass is 16.7. The summed E-state index contributed by atoms with van der Waals surface area (Å²) in [5, 5.41) is 94.0. The average molecular weight is 609 g/mol. The Labute approximate surface area is 242 Å². The SMILES string of the molecule is COc1ccc(-c2cc(=O)c3c(O)cc(O[C@@]4([C@H]5O[C@@H](CO)[C@@H](O)[C@@H](O)[C@@H]5O)O[C@@H](CO)[C@H](O)[C@H](O)[C@@H]4O)cc3o2)cc1. The molecular formula is C28H32O15. The first-order chi connectivity index (χ1) is 20.4. The van der Waals surface area contributed by atoms with Crippen LogP contribution in [-0.4, -0.2) is 127 Å². The van der Waals surface area contributed by atoms with Crippen LogP contribution in [0.3, 0.4) is 0 Å². The smallest absolute Gasteiger partial charge is 0.268 e. The van der Waals surface area contributed by atoms with Crippen molar-refractivity contribution in [3.63, 3.8) is 0 Å². The van der Waals surface area contributed by atoms with Crippen molar-refractivity contribution in [2.45, 2.75) is 60.7 Å². The topological polar surface area (TPSA) is 249 Å². The van der Waals surface area contributed by atoms with E-state index in [2.05, 4.69) is 0 Å². The number of hydrogen-bond donors (Lipinski definition) is 9. The Balaban J connectivity index is 1.63. The normalized spacial score (nSPS) is 34.7. The van der Waals surface area contributed by atoms with Crippen LogP contribution in [-0.2, 0) is 9.47 Å². The van der Waals surface area contributed by atoms with E-state index < -0.39 is 85.1 Å². The summed E-state index contributed by atoms with van der Waals surface area (Å²) in [6.45, 7) is -1.78. The van der Waals surface area contributed by atoms with E-state index in [1.165, 1.54) is 7.11 Å². The van der Waals surface area contributed by atoms with Crippen LogP contribution in [0.2, 0.25) is 0 Å². The Morgan fingerprint density at radius 2 is 1.47 bits per heavy atom. The fraction of sp³-hybridized carbons (Fsp3) is 0.464. The van der Waals surface area contributed by atoms with Crippen LogP contribution in [0.4, 0.5) is 0 Å². The maximum Gasteiger partial charge on any atom is 0.268 e. The molecule has 15 heteroatoms. The van der Waals surface area contributed by atoms with Crippen LogP contribution < -0.4 is 14.9 Å². The summed E-state index contributed by atoms with van der Waals surface area (Å²) in [6.07, 6.45) is -17.2. The van der Waals surface area contributed by atoms with Crippen LogP contribution >= 0.6 is 0 Å². The van der Waals surface area contributed by atoms with E-state index in [1.807, 2.05) is 0 Å². The molecule has 234 valence electrons. The molecule has 0 bridgehead atoms. The van der Waals surface area contributed by atoms with Gasteiger partial charge in [0.15, 0.2) is 17.6 Å². The summed E-state index contributed by atoms with van der Waals surface area (Å²) in [5.74, 6) is -3.10. The van der Waals surface area contributed by atoms with Gasteiger partial charge in [-0.1, -0.05) is 0 Å². The second-order valence-electron chi connectivity index (χ2n) is 10.4. The third-order valence-corrected chi connectivity index (χ3v) is 7.71. The molecule has 2 aliphatic heterocycles. The molecular weight excluding hydrogens is 576 g/mol. The van der Waals surface area contributed by atoms with E-state index in [0.29, 0.717) is 11.3 Å². The molecule has 43 heavy (non-hydrogen) atoms. The molecule has 15 nitrogen and oxygen atoms in total. The number of phenolic OH excluding ortho intramolecular Hbond substituents is 1. The molecule has 3 aromatic rings. The van der Waals surface area contributed by atoms with Gasteiger partial charge in [0.2, 0.25) is 0 Å². The summed E-state index contributed by atoms with van der Waals surface area (Å²) in [5.41, 5.74) is -0.327. The van der Waals surface area contributed by atoms with Crippen LogP contribution in [0.1, 0.15) is 0 Å².